The first-order chi connectivity index (χ1) is 14.1. The van der Waals surface area contributed by atoms with Crippen LogP contribution in [0.5, 0.6) is 5.75 Å². The first-order valence-electron chi connectivity index (χ1n) is 8.53. The second-order valence-electron chi connectivity index (χ2n) is 6.28. The SMILES string of the molecule is CC(=O)Oc1ccn2ncc(/C=N/N(C)S(=O)(=O)c3cc([N+](=O)[O-])ccc3C)c2c1. The normalized spacial score (nSPS) is 11.7. The van der Waals surface area contributed by atoms with Crippen molar-refractivity contribution in [2.24, 2.45) is 5.10 Å². The molecule has 0 N–H and O–H groups in total. The third-order valence-corrected chi connectivity index (χ3v) is 5.94. The van der Waals surface area contributed by atoms with Crippen LogP contribution in [-0.2, 0) is 14.8 Å². The maximum atomic E-state index is 12.8. The number of aryl methyl sites for hydroxylation is 1. The number of hydrogen-bond acceptors (Lipinski definition) is 8. The van der Waals surface area contributed by atoms with Crippen LogP contribution < -0.4 is 4.74 Å². The van der Waals surface area contributed by atoms with E-state index in [2.05, 4.69) is 10.2 Å². The minimum atomic E-state index is -4.12. The number of fused-ring (bicyclic) bond motifs is 1. The smallest absolute Gasteiger partial charge is 0.308 e. The number of benzene rings is 1. The highest BCUT2D eigenvalue weighted by molar-refractivity contribution is 7.89. The summed E-state index contributed by atoms with van der Waals surface area (Å²) in [4.78, 5) is 21.2. The van der Waals surface area contributed by atoms with Gasteiger partial charge in [0.05, 0.1) is 27.7 Å². The monoisotopic (exact) mass is 431 g/mol. The van der Waals surface area contributed by atoms with Gasteiger partial charge in [0, 0.05) is 43.9 Å². The molecule has 0 aliphatic carbocycles. The fourth-order valence-electron chi connectivity index (χ4n) is 2.64. The van der Waals surface area contributed by atoms with Gasteiger partial charge in [-0.25, -0.2) is 4.52 Å². The number of carbonyl (C=O) groups excluding carboxylic acids is 1. The van der Waals surface area contributed by atoms with Crippen molar-refractivity contribution in [3.05, 3.63) is 64.0 Å². The zero-order valence-electron chi connectivity index (χ0n) is 16.2. The van der Waals surface area contributed by atoms with Crippen LogP contribution in [0, 0.1) is 17.0 Å². The van der Waals surface area contributed by atoms with E-state index >= 15 is 0 Å². The molecule has 11 nitrogen and oxygen atoms in total. The number of non-ortho nitro benzene ring substituents is 1. The van der Waals surface area contributed by atoms with Crippen molar-refractivity contribution in [1.29, 1.82) is 0 Å². The number of rotatable bonds is 6. The molecule has 3 aromatic rings. The molecule has 2 heterocycles. The van der Waals surface area contributed by atoms with E-state index in [4.69, 9.17) is 4.74 Å². The van der Waals surface area contributed by atoms with Gasteiger partial charge in [0.1, 0.15) is 5.75 Å². The number of sulfonamides is 1. The number of carbonyl (C=O) groups is 1. The van der Waals surface area contributed by atoms with Gasteiger partial charge in [-0.2, -0.15) is 23.0 Å². The van der Waals surface area contributed by atoms with Crippen LogP contribution in [0.25, 0.3) is 5.52 Å². The third-order valence-electron chi connectivity index (χ3n) is 4.15. The molecule has 0 spiro atoms. The van der Waals surface area contributed by atoms with Gasteiger partial charge in [-0.1, -0.05) is 6.07 Å². The average Bonchev–Trinajstić information content (AvgIpc) is 3.07. The maximum Gasteiger partial charge on any atom is 0.308 e. The quantitative estimate of drug-likeness (QED) is 0.252. The molecule has 0 atom stereocenters. The molecule has 0 aliphatic rings. The Morgan fingerprint density at radius 1 is 1.33 bits per heavy atom. The van der Waals surface area contributed by atoms with E-state index in [9.17, 15) is 23.3 Å². The molecule has 0 aliphatic heterocycles. The number of aromatic nitrogens is 2. The fraction of sp³-hybridized carbons (Fsp3) is 0.167. The van der Waals surface area contributed by atoms with E-state index in [0.717, 1.165) is 10.5 Å². The number of nitro benzene ring substituents is 1. The lowest BCUT2D eigenvalue weighted by Crippen LogP contribution is -2.22. The van der Waals surface area contributed by atoms with Crippen LogP contribution in [0.1, 0.15) is 18.1 Å². The summed E-state index contributed by atoms with van der Waals surface area (Å²) in [7, 11) is -2.90. The standard InChI is InChI=1S/C18H17N5O6S/c1-12-4-5-15(23(25)26)8-18(12)30(27,28)21(3)19-10-14-11-20-22-7-6-16(9-17(14)22)29-13(2)24/h4-11H,1-3H3/b19-10+. The second-order valence-corrected chi connectivity index (χ2v) is 8.19. The number of pyridine rings is 1. The van der Waals surface area contributed by atoms with Crippen LogP contribution in [0.2, 0.25) is 0 Å². The first kappa shape index (κ1) is 20.9. The molecule has 12 heteroatoms. The van der Waals surface area contributed by atoms with E-state index in [0.29, 0.717) is 22.4 Å². The predicted molar refractivity (Wildman–Crippen MR) is 107 cm³/mol. The summed E-state index contributed by atoms with van der Waals surface area (Å²) in [5.74, 6) is -0.175. The Kier molecular flexibility index (Phi) is 5.52. The van der Waals surface area contributed by atoms with Crippen LogP contribution in [0.4, 0.5) is 5.69 Å². The maximum absolute atomic E-state index is 12.8. The number of esters is 1. The van der Waals surface area contributed by atoms with Gasteiger partial charge in [-0.05, 0) is 18.6 Å². The fourth-order valence-corrected chi connectivity index (χ4v) is 3.84. The minimum absolute atomic E-state index is 0.214. The van der Waals surface area contributed by atoms with E-state index < -0.39 is 20.9 Å². The van der Waals surface area contributed by atoms with Crippen LogP contribution in [0.15, 0.2) is 52.7 Å². The molecular formula is C18H17N5O6S. The van der Waals surface area contributed by atoms with Crippen molar-refractivity contribution >= 4 is 33.4 Å². The zero-order valence-corrected chi connectivity index (χ0v) is 17.0. The van der Waals surface area contributed by atoms with Crippen molar-refractivity contribution < 1.29 is 22.9 Å². The molecule has 0 fully saturated rings. The lowest BCUT2D eigenvalue weighted by molar-refractivity contribution is -0.385. The summed E-state index contributed by atoms with van der Waals surface area (Å²) in [6.45, 7) is 2.81. The lowest BCUT2D eigenvalue weighted by Gasteiger charge is -2.15. The van der Waals surface area contributed by atoms with Gasteiger partial charge in [0.15, 0.2) is 0 Å². The summed E-state index contributed by atoms with van der Waals surface area (Å²) in [6.07, 6.45) is 4.33. The molecule has 0 saturated carbocycles. The highest BCUT2D eigenvalue weighted by Crippen LogP contribution is 2.24. The number of nitrogens with zero attached hydrogens (tertiary/aromatic N) is 5. The summed E-state index contributed by atoms with van der Waals surface area (Å²) in [5, 5.41) is 19.1. The van der Waals surface area contributed by atoms with Crippen molar-refractivity contribution in [2.75, 3.05) is 7.05 Å². The number of ether oxygens (including phenoxy) is 1. The lowest BCUT2D eigenvalue weighted by atomic mass is 10.2. The summed E-state index contributed by atoms with van der Waals surface area (Å²) >= 11 is 0. The van der Waals surface area contributed by atoms with E-state index in [-0.39, 0.29) is 10.6 Å². The molecule has 3 rings (SSSR count). The van der Waals surface area contributed by atoms with E-state index in [1.165, 1.54) is 50.0 Å². The molecule has 1 aromatic carbocycles. The van der Waals surface area contributed by atoms with E-state index in [1.807, 2.05) is 0 Å². The van der Waals surface area contributed by atoms with Crippen LogP contribution >= 0.6 is 0 Å². The Balaban J connectivity index is 1.93. The van der Waals surface area contributed by atoms with Gasteiger partial charge in [-0.15, -0.1) is 0 Å². The van der Waals surface area contributed by atoms with Gasteiger partial charge < -0.3 is 4.74 Å². The number of hydrazone groups is 1. The summed E-state index contributed by atoms with van der Waals surface area (Å²) in [5.41, 5.74) is 1.03. The van der Waals surface area contributed by atoms with Crippen molar-refractivity contribution in [1.82, 2.24) is 14.0 Å². The van der Waals surface area contributed by atoms with Gasteiger partial charge >= 0.3 is 5.97 Å². The van der Waals surface area contributed by atoms with Crippen LogP contribution in [-0.4, -0.2) is 46.6 Å². The molecule has 30 heavy (non-hydrogen) atoms. The molecule has 156 valence electrons. The summed E-state index contributed by atoms with van der Waals surface area (Å²) < 4.78 is 32.9. The molecule has 0 unspecified atom stereocenters. The van der Waals surface area contributed by atoms with E-state index in [1.54, 1.807) is 18.3 Å². The Bertz CT molecular complexity index is 1280. The van der Waals surface area contributed by atoms with Gasteiger partial charge in [0.25, 0.3) is 15.7 Å². The largest absolute Gasteiger partial charge is 0.427 e. The highest BCUT2D eigenvalue weighted by atomic mass is 32.2. The Morgan fingerprint density at radius 3 is 2.73 bits per heavy atom. The Morgan fingerprint density at radius 2 is 2.07 bits per heavy atom. The Hall–Kier alpha value is -3.80. The highest BCUT2D eigenvalue weighted by Gasteiger charge is 2.24. The summed E-state index contributed by atoms with van der Waals surface area (Å²) in [6, 6.07) is 6.72. The van der Waals surface area contributed by atoms with Crippen molar-refractivity contribution in [2.45, 2.75) is 18.7 Å². The molecule has 2 aromatic heterocycles. The minimum Gasteiger partial charge on any atom is -0.427 e. The van der Waals surface area contributed by atoms with Crippen molar-refractivity contribution in [3.63, 3.8) is 0 Å². The average molecular weight is 431 g/mol. The molecular weight excluding hydrogens is 414 g/mol. The predicted octanol–water partition coefficient (Wildman–Crippen LogP) is 2.13. The molecule has 0 bridgehead atoms. The molecule has 0 amide bonds. The third kappa shape index (κ3) is 4.12. The second kappa shape index (κ2) is 7.91. The first-order valence-corrected chi connectivity index (χ1v) is 9.97. The van der Waals surface area contributed by atoms with Gasteiger partial charge in [0.2, 0.25) is 0 Å². The zero-order chi connectivity index (χ0) is 22.1. The molecule has 0 saturated heterocycles. The molecule has 0 radical (unpaired) electrons. The van der Waals surface area contributed by atoms with Crippen LogP contribution in [0.3, 0.4) is 0 Å². The number of nitro groups is 1. The topological polar surface area (TPSA) is 136 Å². The van der Waals surface area contributed by atoms with Crippen molar-refractivity contribution in [3.8, 4) is 5.75 Å². The number of hydrogen-bond donors (Lipinski definition) is 0. The Labute approximate surface area is 171 Å². The van der Waals surface area contributed by atoms with Gasteiger partial charge in [-0.3, -0.25) is 14.9 Å².